The molecule has 0 amide bonds. The van der Waals surface area contributed by atoms with E-state index in [1.54, 1.807) is 18.2 Å². The third-order valence-electron chi connectivity index (χ3n) is 1.66. The molecule has 0 radical (unpaired) electrons. The molecule has 0 aliphatic carbocycles. The van der Waals surface area contributed by atoms with E-state index in [1.165, 1.54) is 6.07 Å². The Balaban J connectivity index is 2.72. The van der Waals surface area contributed by atoms with Gasteiger partial charge in [-0.2, -0.15) is 0 Å². The van der Waals surface area contributed by atoms with Crippen LogP contribution in [0.1, 0.15) is 13.3 Å². The molecule has 0 saturated heterocycles. The number of hydrogen-bond donors (Lipinski definition) is 0. The molecule has 78 valence electrons. The average Bonchev–Trinajstić information content (AvgIpc) is 2.25. The first-order valence-corrected chi connectivity index (χ1v) is 4.57. The highest BCUT2D eigenvalue weighted by molar-refractivity contribution is 5.45. The molecular weight excluding hydrogens is 194 g/mol. The molecule has 0 aromatic heterocycles. The Morgan fingerprint density at radius 3 is 2.80 bits per heavy atom. The van der Waals surface area contributed by atoms with Crippen molar-refractivity contribution < 1.29 is 9.66 Å². The highest BCUT2D eigenvalue weighted by Crippen LogP contribution is 2.25. The summed E-state index contributed by atoms with van der Waals surface area (Å²) in [4.78, 5) is 10.1. The predicted octanol–water partition coefficient (Wildman–Crippen LogP) is 2.39. The number of nitro benzene ring substituents is 1. The lowest BCUT2D eigenvalue weighted by atomic mass is 10.3. The minimum Gasteiger partial charge on any atom is -0.474 e. The Kier molecular flexibility index (Phi) is 4.17. The maximum absolute atomic E-state index is 10.6. The number of ether oxygens (including phenoxy) is 1. The Morgan fingerprint density at radius 1 is 1.40 bits per heavy atom. The number of rotatable bonds is 3. The number of nitro groups is 1. The van der Waals surface area contributed by atoms with Crippen molar-refractivity contribution in [3.8, 4) is 17.6 Å². The molecule has 1 aromatic carbocycles. The molecule has 15 heavy (non-hydrogen) atoms. The van der Waals surface area contributed by atoms with Gasteiger partial charge in [0.25, 0.3) is 0 Å². The van der Waals surface area contributed by atoms with Crippen LogP contribution in [0.3, 0.4) is 0 Å². The summed E-state index contributed by atoms with van der Waals surface area (Å²) in [7, 11) is 0. The van der Waals surface area contributed by atoms with Crippen molar-refractivity contribution in [2.75, 3.05) is 6.61 Å². The fourth-order valence-electron chi connectivity index (χ4n) is 1.02. The lowest BCUT2D eigenvalue weighted by Gasteiger charge is -2.01. The molecule has 0 aliphatic heterocycles. The molecule has 0 unspecified atom stereocenters. The van der Waals surface area contributed by atoms with E-state index < -0.39 is 4.92 Å². The van der Waals surface area contributed by atoms with E-state index in [0.29, 0.717) is 0 Å². The lowest BCUT2D eigenvalue weighted by molar-refractivity contribution is -0.385. The molecular formula is C11H11NO3. The van der Waals surface area contributed by atoms with E-state index >= 15 is 0 Å². The van der Waals surface area contributed by atoms with Crippen molar-refractivity contribution in [3.63, 3.8) is 0 Å². The maximum Gasteiger partial charge on any atom is 0.310 e. The van der Waals surface area contributed by atoms with Crippen LogP contribution < -0.4 is 4.74 Å². The van der Waals surface area contributed by atoms with E-state index in [9.17, 15) is 10.1 Å². The number of para-hydroxylation sites is 2. The first-order chi connectivity index (χ1) is 7.25. The zero-order valence-electron chi connectivity index (χ0n) is 8.40. The maximum atomic E-state index is 10.6. The second-order valence-corrected chi connectivity index (χ2v) is 2.72. The molecule has 0 heterocycles. The van der Waals surface area contributed by atoms with Crippen LogP contribution in [-0.4, -0.2) is 11.5 Å². The normalized spacial score (nSPS) is 8.87. The van der Waals surface area contributed by atoms with Gasteiger partial charge in [0, 0.05) is 12.5 Å². The minimum atomic E-state index is -0.470. The average molecular weight is 205 g/mol. The fraction of sp³-hybridized carbons (Fsp3) is 0.273. The molecule has 0 fully saturated rings. The number of nitrogens with zero attached hydrogens (tertiary/aromatic N) is 1. The standard InChI is InChI=1S/C11H11NO3/c1-2-3-6-9-15-11-8-5-4-7-10(11)12(13)14/h4-5,7-8H,2,9H2,1H3. The second-order valence-electron chi connectivity index (χ2n) is 2.72. The highest BCUT2D eigenvalue weighted by atomic mass is 16.6. The van der Waals surface area contributed by atoms with Crippen LogP contribution in [0.2, 0.25) is 0 Å². The van der Waals surface area contributed by atoms with Crippen LogP contribution in [0, 0.1) is 22.0 Å². The van der Waals surface area contributed by atoms with Gasteiger partial charge in [0.05, 0.1) is 4.92 Å². The van der Waals surface area contributed by atoms with Crippen LogP contribution in [0.4, 0.5) is 5.69 Å². The van der Waals surface area contributed by atoms with Gasteiger partial charge in [-0.05, 0) is 6.07 Å². The van der Waals surface area contributed by atoms with Crippen LogP contribution >= 0.6 is 0 Å². The molecule has 0 spiro atoms. The molecule has 0 aliphatic rings. The Labute approximate surface area is 88.0 Å². The molecule has 0 bridgehead atoms. The van der Waals surface area contributed by atoms with Crippen molar-refractivity contribution in [1.29, 1.82) is 0 Å². The SMILES string of the molecule is CCC#CCOc1ccccc1[N+](=O)[O-]. The van der Waals surface area contributed by atoms with Crippen LogP contribution in [0.25, 0.3) is 0 Å². The summed E-state index contributed by atoms with van der Waals surface area (Å²) in [6.45, 7) is 2.11. The van der Waals surface area contributed by atoms with E-state index in [-0.39, 0.29) is 18.0 Å². The monoisotopic (exact) mass is 205 g/mol. The van der Waals surface area contributed by atoms with Crippen molar-refractivity contribution in [1.82, 2.24) is 0 Å². The summed E-state index contributed by atoms with van der Waals surface area (Å²) >= 11 is 0. The Hall–Kier alpha value is -2.02. The van der Waals surface area contributed by atoms with Crippen molar-refractivity contribution >= 4 is 5.69 Å². The van der Waals surface area contributed by atoms with Crippen molar-refractivity contribution in [3.05, 3.63) is 34.4 Å². The third kappa shape index (κ3) is 3.31. The van der Waals surface area contributed by atoms with Crippen LogP contribution in [0.15, 0.2) is 24.3 Å². The lowest BCUT2D eigenvalue weighted by Crippen LogP contribution is -1.98. The summed E-state index contributed by atoms with van der Waals surface area (Å²) in [6, 6.07) is 6.26. The zero-order valence-corrected chi connectivity index (χ0v) is 8.40. The van der Waals surface area contributed by atoms with Gasteiger partial charge in [0.2, 0.25) is 0 Å². The van der Waals surface area contributed by atoms with Gasteiger partial charge < -0.3 is 4.74 Å². The minimum absolute atomic E-state index is 0.0317. The van der Waals surface area contributed by atoms with Crippen LogP contribution in [-0.2, 0) is 0 Å². The van der Waals surface area contributed by atoms with Gasteiger partial charge in [-0.25, -0.2) is 0 Å². The molecule has 4 heteroatoms. The molecule has 4 nitrogen and oxygen atoms in total. The van der Waals surface area contributed by atoms with Gasteiger partial charge >= 0.3 is 5.69 Å². The molecule has 0 saturated carbocycles. The van der Waals surface area contributed by atoms with Gasteiger partial charge in [0.15, 0.2) is 5.75 Å². The van der Waals surface area contributed by atoms with E-state index in [2.05, 4.69) is 11.8 Å². The van der Waals surface area contributed by atoms with E-state index in [0.717, 1.165) is 6.42 Å². The van der Waals surface area contributed by atoms with Crippen molar-refractivity contribution in [2.45, 2.75) is 13.3 Å². The predicted molar refractivity (Wildman–Crippen MR) is 56.7 cm³/mol. The summed E-state index contributed by atoms with van der Waals surface area (Å²) in [5.41, 5.74) is -0.0317. The zero-order chi connectivity index (χ0) is 11.1. The van der Waals surface area contributed by atoms with Gasteiger partial charge in [-0.3, -0.25) is 10.1 Å². The first-order valence-electron chi connectivity index (χ1n) is 4.57. The van der Waals surface area contributed by atoms with E-state index in [4.69, 9.17) is 4.74 Å². The summed E-state index contributed by atoms with van der Waals surface area (Å²) in [6.07, 6.45) is 0.750. The van der Waals surface area contributed by atoms with Gasteiger partial charge in [0.1, 0.15) is 6.61 Å². The Bertz CT molecular complexity index is 404. The summed E-state index contributed by atoms with van der Waals surface area (Å²) in [5.74, 6) is 5.83. The summed E-state index contributed by atoms with van der Waals surface area (Å²) < 4.78 is 5.19. The first kappa shape index (κ1) is 11.1. The van der Waals surface area contributed by atoms with Crippen molar-refractivity contribution in [2.24, 2.45) is 0 Å². The second kappa shape index (κ2) is 5.66. The van der Waals surface area contributed by atoms with E-state index in [1.807, 2.05) is 6.92 Å². The number of benzene rings is 1. The quantitative estimate of drug-likeness (QED) is 0.432. The topological polar surface area (TPSA) is 52.4 Å². The molecule has 0 atom stereocenters. The smallest absolute Gasteiger partial charge is 0.310 e. The van der Waals surface area contributed by atoms with Gasteiger partial charge in [-0.15, -0.1) is 5.92 Å². The van der Waals surface area contributed by atoms with Crippen LogP contribution in [0.5, 0.6) is 5.75 Å². The Morgan fingerprint density at radius 2 is 2.13 bits per heavy atom. The third-order valence-corrected chi connectivity index (χ3v) is 1.66. The largest absolute Gasteiger partial charge is 0.474 e. The highest BCUT2D eigenvalue weighted by Gasteiger charge is 2.12. The molecule has 1 aromatic rings. The molecule has 1 rings (SSSR count). The molecule has 0 N–H and O–H groups in total. The number of hydrogen-bond acceptors (Lipinski definition) is 3. The summed E-state index contributed by atoms with van der Waals surface area (Å²) in [5, 5.41) is 10.6. The fourth-order valence-corrected chi connectivity index (χ4v) is 1.02. The van der Waals surface area contributed by atoms with Gasteiger partial charge in [-0.1, -0.05) is 25.0 Å².